The Hall–Kier alpha value is -4.00. The number of guanidine groups is 1. The highest BCUT2D eigenvalue weighted by Gasteiger charge is 2.48. The van der Waals surface area contributed by atoms with E-state index in [-0.39, 0.29) is 62.0 Å². The number of amides is 2. The van der Waals surface area contributed by atoms with E-state index in [1.165, 1.54) is 10.9 Å². The maximum atomic E-state index is 13.3. The molecule has 22 heteroatoms. The molecule has 1 aliphatic heterocycles. The number of nitrogens with two attached hydrogens (primary N) is 6. The first kappa shape index (κ1) is 35.8. The maximum Gasteiger partial charge on any atom is 0.280 e. The normalized spacial score (nSPS) is 31.6. The van der Waals surface area contributed by atoms with Crippen LogP contribution in [-0.2, 0) is 25.6 Å². The van der Waals surface area contributed by atoms with Gasteiger partial charge >= 0.3 is 0 Å². The maximum absolute atomic E-state index is 13.3. The molecule has 0 spiro atoms. The van der Waals surface area contributed by atoms with Gasteiger partial charge in [0.25, 0.3) is 5.56 Å². The summed E-state index contributed by atoms with van der Waals surface area (Å²) in [5.41, 5.74) is 33.7. The Morgan fingerprint density at radius 1 is 1.13 bits per heavy atom. The van der Waals surface area contributed by atoms with Crippen molar-refractivity contribution < 1.29 is 39.5 Å². The summed E-state index contributed by atoms with van der Waals surface area (Å²) in [7, 11) is 0. The molecule has 0 bridgehead atoms. The lowest BCUT2D eigenvalue weighted by Gasteiger charge is -2.46. The third-order valence-electron chi connectivity index (χ3n) is 8.01. The topological polar surface area (TPSA) is 390 Å². The number of aliphatic imine (C=N–C) groups is 1. The number of carbonyl (C=O) groups excluding carboxylic acids is 2. The van der Waals surface area contributed by atoms with Crippen LogP contribution in [0.2, 0.25) is 0 Å². The Bertz CT molecular complexity index is 1480. The van der Waals surface area contributed by atoms with Crippen LogP contribution in [0.5, 0.6) is 0 Å². The number of H-pyrrole nitrogens is 1. The minimum atomic E-state index is -1.57. The summed E-state index contributed by atoms with van der Waals surface area (Å²) in [6, 6.07) is -4.01. The van der Waals surface area contributed by atoms with Crippen LogP contribution in [-0.4, -0.2) is 138 Å². The molecule has 1 saturated carbocycles. The molecule has 22 nitrogen and oxygen atoms in total. The minimum absolute atomic E-state index is 0.0338. The zero-order chi connectivity index (χ0) is 34.6. The highest BCUT2D eigenvalue weighted by molar-refractivity contribution is 5.88. The van der Waals surface area contributed by atoms with E-state index in [0.29, 0.717) is 0 Å². The number of aliphatic hydroxyl groups is 4. The second-order valence-corrected chi connectivity index (χ2v) is 11.6. The smallest absolute Gasteiger partial charge is 0.280 e. The van der Waals surface area contributed by atoms with E-state index in [9.17, 15) is 34.8 Å². The van der Waals surface area contributed by atoms with Crippen LogP contribution in [0.4, 0.5) is 5.95 Å². The summed E-state index contributed by atoms with van der Waals surface area (Å²) in [6.45, 7) is -0.580. The van der Waals surface area contributed by atoms with Crippen LogP contribution < -0.4 is 50.6 Å². The van der Waals surface area contributed by atoms with E-state index in [4.69, 9.17) is 43.9 Å². The molecular formula is C25H43N13O9. The Balaban J connectivity index is 1.42. The summed E-state index contributed by atoms with van der Waals surface area (Å²) in [6.07, 6.45) is -8.08. The molecule has 2 fully saturated rings. The fourth-order valence-electron chi connectivity index (χ4n) is 5.45. The number of aliphatic hydroxyl groups excluding tert-OH is 4. The standard InChI is InChI=1S/C25H43N13O9/c26-8-4-9(27)19(18(43)15(8)40)47-23-13(28)17(42)16(41)11(46-23)5-33-21(44)10(2-1-3-32-24(29)30)35-12(39)6-38-7-34-14-20(38)36-25(31)37-22(14)45/h7-11,13,15-19,23,40-43H,1-6,26-28H2,(H,33,44)(H,35,39)(H4,29,30,32)(H3,31,36,37,45)/t8-,9+,10?,11-,13-,15+,16-,17-,18-,19?,23?/m1/s1. The van der Waals surface area contributed by atoms with Crippen molar-refractivity contribution in [2.75, 3.05) is 18.8 Å². The molecule has 3 unspecified atom stereocenters. The van der Waals surface area contributed by atoms with Gasteiger partial charge in [0.1, 0.15) is 43.1 Å². The van der Waals surface area contributed by atoms with E-state index in [0.717, 1.165) is 0 Å². The third kappa shape index (κ3) is 8.48. The van der Waals surface area contributed by atoms with Gasteiger partial charge in [0.15, 0.2) is 23.4 Å². The number of hydrogen-bond acceptors (Lipinski definition) is 16. The summed E-state index contributed by atoms with van der Waals surface area (Å²) >= 11 is 0. The predicted octanol–water partition coefficient (Wildman–Crippen LogP) is -7.70. The average Bonchev–Trinajstić information content (AvgIpc) is 3.40. The summed E-state index contributed by atoms with van der Waals surface area (Å²) in [4.78, 5) is 52.5. The van der Waals surface area contributed by atoms with Crippen molar-refractivity contribution in [1.82, 2.24) is 30.2 Å². The van der Waals surface area contributed by atoms with E-state index in [1.807, 2.05) is 0 Å². The number of aromatic nitrogens is 4. The van der Waals surface area contributed by atoms with Crippen molar-refractivity contribution in [2.45, 2.75) is 92.9 Å². The Morgan fingerprint density at radius 2 is 1.85 bits per heavy atom. The lowest BCUT2D eigenvalue weighted by molar-refractivity contribution is -0.288. The van der Waals surface area contributed by atoms with Crippen LogP contribution in [0.15, 0.2) is 16.1 Å². The molecule has 2 aromatic rings. The molecule has 0 aromatic carbocycles. The van der Waals surface area contributed by atoms with Crippen LogP contribution in [0.25, 0.3) is 11.2 Å². The molecule has 2 aromatic heterocycles. The first-order valence-corrected chi connectivity index (χ1v) is 14.8. The minimum Gasteiger partial charge on any atom is -0.389 e. The lowest BCUT2D eigenvalue weighted by Crippen LogP contribution is -2.67. The van der Waals surface area contributed by atoms with Crippen molar-refractivity contribution >= 4 is 34.9 Å². The molecule has 19 N–H and O–H groups in total. The van der Waals surface area contributed by atoms with Crippen LogP contribution in [0, 0.1) is 0 Å². The largest absolute Gasteiger partial charge is 0.389 e. The number of ether oxygens (including phenoxy) is 2. The number of carbonyl (C=O) groups is 2. The number of rotatable bonds is 12. The number of fused-ring (bicyclic) bond motifs is 1. The highest BCUT2D eigenvalue weighted by Crippen LogP contribution is 2.27. The summed E-state index contributed by atoms with van der Waals surface area (Å²) < 4.78 is 12.8. The number of nitrogens with one attached hydrogen (secondary N) is 3. The van der Waals surface area contributed by atoms with E-state index in [2.05, 4.69) is 30.6 Å². The molecule has 1 aliphatic carbocycles. The molecule has 4 rings (SSSR count). The second kappa shape index (κ2) is 15.3. The van der Waals surface area contributed by atoms with Gasteiger partial charge in [-0.2, -0.15) is 4.98 Å². The molecular weight excluding hydrogens is 626 g/mol. The molecule has 2 aliphatic rings. The number of nitrogen functional groups attached to an aromatic ring is 1. The number of aromatic amines is 1. The molecule has 11 atom stereocenters. The Labute approximate surface area is 266 Å². The van der Waals surface area contributed by atoms with Crippen LogP contribution in [0.1, 0.15) is 19.3 Å². The number of hydrogen-bond donors (Lipinski definition) is 13. The van der Waals surface area contributed by atoms with Gasteiger partial charge in [0, 0.05) is 25.2 Å². The van der Waals surface area contributed by atoms with Gasteiger partial charge < -0.3 is 79.5 Å². The molecule has 2 amide bonds. The van der Waals surface area contributed by atoms with E-state index >= 15 is 0 Å². The quantitative estimate of drug-likeness (QED) is 0.0566. The fraction of sp³-hybridized carbons (Fsp3) is 0.680. The first-order valence-electron chi connectivity index (χ1n) is 14.8. The molecule has 1 saturated heterocycles. The van der Waals surface area contributed by atoms with Gasteiger partial charge in [-0.05, 0) is 19.3 Å². The molecule has 47 heavy (non-hydrogen) atoms. The van der Waals surface area contributed by atoms with Gasteiger partial charge in [-0.15, -0.1) is 0 Å². The van der Waals surface area contributed by atoms with Gasteiger partial charge in [-0.3, -0.25) is 24.4 Å². The molecule has 262 valence electrons. The third-order valence-corrected chi connectivity index (χ3v) is 8.01. The fourth-order valence-corrected chi connectivity index (χ4v) is 5.45. The summed E-state index contributed by atoms with van der Waals surface area (Å²) in [5, 5.41) is 47.1. The van der Waals surface area contributed by atoms with Crippen molar-refractivity contribution in [3.63, 3.8) is 0 Å². The van der Waals surface area contributed by atoms with Crippen molar-refractivity contribution in [2.24, 2.45) is 33.7 Å². The number of nitrogens with zero attached hydrogens (tertiary/aromatic N) is 4. The number of anilines is 1. The van der Waals surface area contributed by atoms with Crippen LogP contribution >= 0.6 is 0 Å². The van der Waals surface area contributed by atoms with Crippen molar-refractivity contribution in [1.29, 1.82) is 0 Å². The van der Waals surface area contributed by atoms with Gasteiger partial charge in [0.2, 0.25) is 17.8 Å². The van der Waals surface area contributed by atoms with Crippen molar-refractivity contribution in [3.05, 3.63) is 16.7 Å². The Morgan fingerprint density at radius 3 is 2.55 bits per heavy atom. The van der Waals surface area contributed by atoms with Gasteiger partial charge in [0.05, 0.1) is 18.5 Å². The van der Waals surface area contributed by atoms with E-state index < -0.39 is 84.5 Å². The number of imidazole rings is 1. The summed E-state index contributed by atoms with van der Waals surface area (Å²) in [5.74, 6) is -1.65. The SMILES string of the molecule is NC(N)=NCCCC(NC(=O)Cn1cnc2c(=O)[nH]c(N)nc21)C(=O)NC[C@H]1OC(OC2[C@@H](N)C[C@@H](N)[C@H](O)[C@H]2O)[C@H](N)[C@@H](O)[C@@H]1O. The first-order chi connectivity index (χ1) is 22.2. The lowest BCUT2D eigenvalue weighted by atomic mass is 9.84. The highest BCUT2D eigenvalue weighted by atomic mass is 16.7. The van der Waals surface area contributed by atoms with Gasteiger partial charge in [-0.1, -0.05) is 0 Å². The molecule has 3 heterocycles. The monoisotopic (exact) mass is 669 g/mol. The average molecular weight is 670 g/mol. The zero-order valence-electron chi connectivity index (χ0n) is 25.3. The zero-order valence-corrected chi connectivity index (χ0v) is 25.3. The molecule has 0 radical (unpaired) electrons. The van der Waals surface area contributed by atoms with Crippen molar-refractivity contribution in [3.8, 4) is 0 Å². The second-order valence-electron chi connectivity index (χ2n) is 11.6. The van der Waals surface area contributed by atoms with Crippen LogP contribution in [0.3, 0.4) is 0 Å². The van der Waals surface area contributed by atoms with Gasteiger partial charge in [-0.25, -0.2) is 4.98 Å². The Kier molecular flexibility index (Phi) is 11.6. The van der Waals surface area contributed by atoms with E-state index in [1.54, 1.807) is 0 Å². The predicted molar refractivity (Wildman–Crippen MR) is 164 cm³/mol.